The predicted octanol–water partition coefficient (Wildman–Crippen LogP) is 1.01. The molecule has 15 heavy (non-hydrogen) atoms. The van der Waals surface area contributed by atoms with Gasteiger partial charge < -0.3 is 9.55 Å². The van der Waals surface area contributed by atoms with Crippen LogP contribution in [-0.4, -0.2) is 14.5 Å². The van der Waals surface area contributed by atoms with E-state index in [9.17, 15) is 4.79 Å². The number of hydrogen-bond acceptors (Lipinski definition) is 2. The maximum Gasteiger partial charge on any atom is 0.250 e. The maximum absolute atomic E-state index is 11.2. The average molecular weight is 203 g/mol. The second-order valence-corrected chi connectivity index (χ2v) is 3.65. The summed E-state index contributed by atoms with van der Waals surface area (Å²) in [6.45, 7) is 1.81. The normalized spacial score (nSPS) is 10.5. The summed E-state index contributed by atoms with van der Waals surface area (Å²) in [5.41, 5.74) is 1.78. The third-order valence-corrected chi connectivity index (χ3v) is 2.43. The molecule has 0 aliphatic heterocycles. The summed E-state index contributed by atoms with van der Waals surface area (Å²) in [7, 11) is 1.96. The summed E-state index contributed by atoms with van der Waals surface area (Å²) >= 11 is 0. The highest BCUT2D eigenvalue weighted by Crippen LogP contribution is 2.05. The molecule has 0 aromatic carbocycles. The van der Waals surface area contributed by atoms with Crippen molar-refractivity contribution >= 4 is 0 Å². The zero-order valence-electron chi connectivity index (χ0n) is 8.82. The Morgan fingerprint density at radius 1 is 1.53 bits per heavy atom. The third kappa shape index (κ3) is 1.98. The number of nitrogens with zero attached hydrogens (tertiary/aromatic N) is 2. The fourth-order valence-electron chi connectivity index (χ4n) is 1.51. The van der Waals surface area contributed by atoms with Crippen molar-refractivity contribution in [1.29, 1.82) is 0 Å². The van der Waals surface area contributed by atoms with Crippen molar-refractivity contribution in [2.75, 3.05) is 0 Å². The van der Waals surface area contributed by atoms with Gasteiger partial charge in [-0.15, -0.1) is 0 Å². The lowest BCUT2D eigenvalue weighted by Crippen LogP contribution is -2.10. The van der Waals surface area contributed by atoms with Crippen molar-refractivity contribution in [2.24, 2.45) is 7.05 Å². The molecule has 4 heteroatoms. The van der Waals surface area contributed by atoms with Crippen LogP contribution < -0.4 is 5.56 Å². The van der Waals surface area contributed by atoms with Gasteiger partial charge in [0.05, 0.1) is 0 Å². The third-order valence-electron chi connectivity index (χ3n) is 2.43. The summed E-state index contributed by atoms with van der Waals surface area (Å²) < 4.78 is 1.97. The van der Waals surface area contributed by atoms with E-state index in [4.69, 9.17) is 0 Å². The Hall–Kier alpha value is -1.84. The molecule has 0 saturated heterocycles. The largest absolute Gasteiger partial charge is 0.338 e. The van der Waals surface area contributed by atoms with Crippen molar-refractivity contribution in [3.05, 3.63) is 52.0 Å². The number of aromatic amines is 1. The van der Waals surface area contributed by atoms with Gasteiger partial charge >= 0.3 is 0 Å². The van der Waals surface area contributed by atoms with E-state index in [-0.39, 0.29) is 5.56 Å². The molecule has 0 saturated carbocycles. The molecule has 0 unspecified atom stereocenters. The van der Waals surface area contributed by atoms with Crippen molar-refractivity contribution in [3.8, 4) is 0 Å². The molecule has 2 heterocycles. The first kappa shape index (κ1) is 9.71. The van der Waals surface area contributed by atoms with Crippen molar-refractivity contribution in [2.45, 2.75) is 13.3 Å². The zero-order chi connectivity index (χ0) is 10.8. The molecule has 2 rings (SSSR count). The van der Waals surface area contributed by atoms with Crippen LogP contribution in [0.4, 0.5) is 0 Å². The molecular formula is C11H13N3O. The van der Waals surface area contributed by atoms with E-state index in [1.54, 1.807) is 19.3 Å². The molecule has 2 aromatic rings. The number of pyridine rings is 1. The maximum atomic E-state index is 11.2. The Labute approximate surface area is 87.6 Å². The van der Waals surface area contributed by atoms with Gasteiger partial charge in [-0.1, -0.05) is 0 Å². The topological polar surface area (TPSA) is 50.7 Å². The van der Waals surface area contributed by atoms with Crippen molar-refractivity contribution in [3.63, 3.8) is 0 Å². The highest BCUT2D eigenvalue weighted by Gasteiger charge is 2.02. The Balaban J connectivity index is 2.29. The summed E-state index contributed by atoms with van der Waals surface area (Å²) in [5.74, 6) is 0.987. The second kappa shape index (κ2) is 3.73. The summed E-state index contributed by atoms with van der Waals surface area (Å²) in [4.78, 5) is 18.1. The van der Waals surface area contributed by atoms with E-state index >= 15 is 0 Å². The summed E-state index contributed by atoms with van der Waals surface area (Å²) in [6.07, 6.45) is 6.16. The fourth-order valence-corrected chi connectivity index (χ4v) is 1.51. The lowest BCUT2D eigenvalue weighted by Gasteiger charge is -2.02. The molecule has 78 valence electrons. The molecular weight excluding hydrogens is 190 g/mol. The summed E-state index contributed by atoms with van der Waals surface area (Å²) in [5, 5.41) is 0. The van der Waals surface area contributed by atoms with Gasteiger partial charge in [-0.3, -0.25) is 4.79 Å². The molecule has 4 nitrogen and oxygen atoms in total. The Kier molecular flexibility index (Phi) is 2.41. The lowest BCUT2D eigenvalue weighted by molar-refractivity contribution is 0.819. The van der Waals surface area contributed by atoms with E-state index in [1.165, 1.54) is 0 Å². The number of aromatic nitrogens is 3. The van der Waals surface area contributed by atoms with Crippen LogP contribution in [-0.2, 0) is 13.5 Å². The predicted molar refractivity (Wildman–Crippen MR) is 57.8 cm³/mol. The van der Waals surface area contributed by atoms with Gasteiger partial charge in [-0.25, -0.2) is 4.98 Å². The molecule has 0 fully saturated rings. The number of rotatable bonds is 2. The van der Waals surface area contributed by atoms with Crippen LogP contribution in [0.15, 0.2) is 29.5 Å². The van der Waals surface area contributed by atoms with E-state index in [0.29, 0.717) is 0 Å². The van der Waals surface area contributed by atoms with E-state index < -0.39 is 0 Å². The minimum Gasteiger partial charge on any atom is -0.338 e. The van der Waals surface area contributed by atoms with Crippen molar-refractivity contribution < 1.29 is 0 Å². The van der Waals surface area contributed by atoms with E-state index in [2.05, 4.69) is 9.97 Å². The number of imidazole rings is 1. The monoisotopic (exact) mass is 203 g/mol. The van der Waals surface area contributed by atoms with Gasteiger partial charge in [0.1, 0.15) is 5.82 Å². The number of nitrogens with one attached hydrogen (secondary N) is 1. The van der Waals surface area contributed by atoms with Gasteiger partial charge in [0, 0.05) is 37.6 Å². The van der Waals surface area contributed by atoms with Gasteiger partial charge in [0.2, 0.25) is 0 Å². The molecule has 0 radical (unpaired) electrons. The minimum atomic E-state index is -0.0291. The molecule has 2 aromatic heterocycles. The first-order valence-corrected chi connectivity index (χ1v) is 4.81. The molecule has 0 aliphatic carbocycles. The molecule has 0 aliphatic rings. The lowest BCUT2D eigenvalue weighted by atomic mass is 10.1. The first-order valence-electron chi connectivity index (χ1n) is 4.81. The number of hydrogen-bond donors (Lipinski definition) is 1. The summed E-state index contributed by atoms with van der Waals surface area (Å²) in [6, 6.07) is 1.90. The highest BCUT2D eigenvalue weighted by atomic mass is 16.1. The van der Waals surface area contributed by atoms with Crippen LogP contribution >= 0.6 is 0 Å². The molecule has 1 N–H and O–H groups in total. The fraction of sp³-hybridized carbons (Fsp3) is 0.273. The highest BCUT2D eigenvalue weighted by molar-refractivity contribution is 5.20. The Morgan fingerprint density at radius 3 is 2.93 bits per heavy atom. The number of H-pyrrole nitrogens is 1. The van der Waals surface area contributed by atoms with Gasteiger partial charge in [0.25, 0.3) is 5.56 Å². The van der Waals surface area contributed by atoms with Crippen LogP contribution in [0, 0.1) is 6.92 Å². The van der Waals surface area contributed by atoms with Gasteiger partial charge in [-0.05, 0) is 18.6 Å². The van der Waals surface area contributed by atoms with E-state index in [1.807, 2.05) is 23.9 Å². The second-order valence-electron chi connectivity index (χ2n) is 3.65. The number of aryl methyl sites for hydroxylation is 2. The van der Waals surface area contributed by atoms with E-state index in [0.717, 1.165) is 23.4 Å². The minimum absolute atomic E-state index is 0.0291. The van der Waals surface area contributed by atoms with Crippen molar-refractivity contribution in [1.82, 2.24) is 14.5 Å². The smallest absolute Gasteiger partial charge is 0.250 e. The quantitative estimate of drug-likeness (QED) is 0.791. The first-order chi connectivity index (χ1) is 7.16. The van der Waals surface area contributed by atoms with Gasteiger partial charge in [0.15, 0.2) is 0 Å². The van der Waals surface area contributed by atoms with Crippen LogP contribution in [0.2, 0.25) is 0 Å². The molecule has 0 amide bonds. The molecule has 0 atom stereocenters. The SMILES string of the molecule is Cc1cc(Cc2nccn2C)c[nH]c1=O. The molecule has 0 spiro atoms. The van der Waals surface area contributed by atoms with Crippen LogP contribution in [0.5, 0.6) is 0 Å². The van der Waals surface area contributed by atoms with Gasteiger partial charge in [-0.2, -0.15) is 0 Å². The Bertz CT molecular complexity index is 525. The zero-order valence-corrected chi connectivity index (χ0v) is 8.82. The Morgan fingerprint density at radius 2 is 2.33 bits per heavy atom. The van der Waals surface area contributed by atoms with Crippen LogP contribution in [0.3, 0.4) is 0 Å². The average Bonchev–Trinajstić information content (AvgIpc) is 2.59. The van der Waals surface area contributed by atoms with Crippen LogP contribution in [0.1, 0.15) is 17.0 Å². The standard InChI is InChI=1S/C11H13N3O/c1-8-5-9(7-13-11(8)15)6-10-12-3-4-14(10)2/h3-5,7H,6H2,1-2H3,(H,13,15). The molecule has 0 bridgehead atoms. The van der Waals surface area contributed by atoms with Crippen LogP contribution in [0.25, 0.3) is 0 Å².